The van der Waals surface area contributed by atoms with Gasteiger partial charge >= 0.3 is 11.9 Å². The summed E-state index contributed by atoms with van der Waals surface area (Å²) in [5.74, 6) is 2.00. The normalized spacial score (nSPS) is 38.5. The summed E-state index contributed by atoms with van der Waals surface area (Å²) in [6.07, 6.45) is 10.4. The Morgan fingerprint density at radius 3 is 2.28 bits per heavy atom. The van der Waals surface area contributed by atoms with Crippen LogP contribution < -0.4 is 0 Å². The summed E-state index contributed by atoms with van der Waals surface area (Å²) in [5.41, 5.74) is 1.31. The lowest BCUT2D eigenvalue weighted by Crippen LogP contribution is -2.48. The third-order valence-electron chi connectivity index (χ3n) is 10.4. The molecule has 0 aromatic carbocycles. The van der Waals surface area contributed by atoms with E-state index in [4.69, 9.17) is 0 Å². The van der Waals surface area contributed by atoms with Gasteiger partial charge in [-0.3, -0.25) is 9.59 Å². The average molecular weight is 447 g/mol. The van der Waals surface area contributed by atoms with Crippen molar-refractivity contribution < 1.29 is 19.8 Å². The van der Waals surface area contributed by atoms with E-state index in [1.807, 2.05) is 0 Å². The van der Waals surface area contributed by atoms with Gasteiger partial charge in [-0.25, -0.2) is 0 Å². The van der Waals surface area contributed by atoms with Crippen LogP contribution in [0.3, 0.4) is 0 Å². The minimum atomic E-state index is -0.811. The fourth-order valence-corrected chi connectivity index (χ4v) is 7.98. The first-order valence-electron chi connectivity index (χ1n) is 13.0. The van der Waals surface area contributed by atoms with Gasteiger partial charge in [-0.1, -0.05) is 66.0 Å². The van der Waals surface area contributed by atoms with Gasteiger partial charge in [0.05, 0.1) is 6.42 Å². The van der Waals surface area contributed by atoms with Crippen LogP contribution in [0.15, 0.2) is 11.6 Å². The van der Waals surface area contributed by atoms with Crippen LogP contribution in [-0.4, -0.2) is 22.2 Å². The minimum Gasteiger partial charge on any atom is -0.481 e. The van der Waals surface area contributed by atoms with Crippen molar-refractivity contribution in [3.63, 3.8) is 0 Å². The Bertz CT molecular complexity index is 740. The Morgan fingerprint density at radius 1 is 1.00 bits per heavy atom. The number of carbonyl (C=O) groups is 2. The SMILES string of the molecule is CC(C)[C@@H](C)CC[C@@H](C)[C@H]1CC[C@H]2C3=CC[C@@H](CC(=O)O)[C@@](C)(CC(=O)O)[C@@H]3CC[C@]12C. The predicted molar refractivity (Wildman–Crippen MR) is 128 cm³/mol. The lowest BCUT2D eigenvalue weighted by atomic mass is 9.49. The quantitative estimate of drug-likeness (QED) is 0.372. The fraction of sp³-hybridized carbons (Fsp3) is 0.857. The molecule has 0 saturated heterocycles. The molecule has 2 N–H and O–H groups in total. The van der Waals surface area contributed by atoms with Gasteiger partial charge in [0.15, 0.2) is 0 Å². The van der Waals surface area contributed by atoms with Gasteiger partial charge in [-0.2, -0.15) is 0 Å². The molecule has 3 rings (SSSR count). The Balaban J connectivity index is 1.82. The molecule has 4 nitrogen and oxygen atoms in total. The second-order valence-corrected chi connectivity index (χ2v) is 12.4. The zero-order chi connectivity index (χ0) is 23.8. The van der Waals surface area contributed by atoms with Crippen molar-refractivity contribution in [3.05, 3.63) is 11.6 Å². The van der Waals surface area contributed by atoms with Crippen molar-refractivity contribution in [1.29, 1.82) is 0 Å². The second kappa shape index (κ2) is 9.50. The third-order valence-corrected chi connectivity index (χ3v) is 10.4. The van der Waals surface area contributed by atoms with Gasteiger partial charge in [0, 0.05) is 6.42 Å². The van der Waals surface area contributed by atoms with Crippen molar-refractivity contribution >= 4 is 11.9 Å². The van der Waals surface area contributed by atoms with Crippen molar-refractivity contribution in [1.82, 2.24) is 0 Å². The van der Waals surface area contributed by atoms with Crippen molar-refractivity contribution in [2.45, 2.75) is 99.3 Å². The van der Waals surface area contributed by atoms with E-state index in [1.54, 1.807) is 0 Å². The fourth-order valence-electron chi connectivity index (χ4n) is 7.98. The van der Waals surface area contributed by atoms with Gasteiger partial charge in [-0.05, 0) is 84.4 Å². The number of allylic oxidation sites excluding steroid dienone is 2. The maximum absolute atomic E-state index is 11.8. The van der Waals surface area contributed by atoms with Crippen molar-refractivity contribution in [2.75, 3.05) is 0 Å². The monoisotopic (exact) mass is 446 g/mol. The van der Waals surface area contributed by atoms with Crippen LogP contribution in [0.25, 0.3) is 0 Å². The number of rotatable bonds is 9. The lowest BCUT2D eigenvalue weighted by Gasteiger charge is -2.55. The highest BCUT2D eigenvalue weighted by Gasteiger charge is 2.58. The maximum atomic E-state index is 11.8. The highest BCUT2D eigenvalue weighted by Crippen LogP contribution is 2.66. The number of carboxylic acid groups (broad SMARTS) is 2. The number of carboxylic acids is 2. The highest BCUT2D eigenvalue weighted by atomic mass is 16.4. The van der Waals surface area contributed by atoms with Crippen LogP contribution in [0.2, 0.25) is 0 Å². The first kappa shape index (κ1) is 25.3. The number of fused-ring (bicyclic) bond motifs is 3. The van der Waals surface area contributed by atoms with Crippen molar-refractivity contribution in [2.24, 2.45) is 52.3 Å². The average Bonchev–Trinajstić information content (AvgIpc) is 3.04. The molecule has 0 radical (unpaired) electrons. The zero-order valence-corrected chi connectivity index (χ0v) is 21.2. The molecule has 0 aliphatic heterocycles. The molecule has 0 unspecified atom stereocenters. The Hall–Kier alpha value is -1.32. The summed E-state index contributed by atoms with van der Waals surface area (Å²) in [5, 5.41) is 19.2. The first-order chi connectivity index (χ1) is 14.9. The first-order valence-corrected chi connectivity index (χ1v) is 13.0. The molecule has 4 heteroatoms. The van der Waals surface area contributed by atoms with E-state index in [9.17, 15) is 19.8 Å². The molecule has 2 fully saturated rings. The summed E-state index contributed by atoms with van der Waals surface area (Å²) < 4.78 is 0. The van der Waals surface area contributed by atoms with Crippen LogP contribution in [0.4, 0.5) is 0 Å². The van der Waals surface area contributed by atoms with Crippen LogP contribution in [0, 0.1) is 52.3 Å². The standard InChI is InChI=1S/C28H46O4/c1-17(2)18(3)7-8-19(4)22-11-12-23-21-10-9-20(15-25(29)30)28(6,16-26(31)32)24(21)13-14-27(22,23)5/h10,17-20,22-24H,7-9,11-16H2,1-6H3,(H,29,30)(H,31,32)/t18-,19+,20-,22+,23-,24+,27+,28+/m0/s1. The Labute approximate surface area is 195 Å². The van der Waals surface area contributed by atoms with Gasteiger partial charge in [0.2, 0.25) is 0 Å². The summed E-state index contributed by atoms with van der Waals surface area (Å²) in [6, 6.07) is 0. The molecule has 2 saturated carbocycles. The third kappa shape index (κ3) is 4.66. The molecule has 0 spiro atoms. The van der Waals surface area contributed by atoms with Crippen LogP contribution in [0.5, 0.6) is 0 Å². The molecule has 3 aliphatic rings. The Kier molecular flexibility index (Phi) is 7.52. The smallest absolute Gasteiger partial charge is 0.303 e. The summed E-state index contributed by atoms with van der Waals surface area (Å²) in [7, 11) is 0. The number of hydrogen-bond acceptors (Lipinski definition) is 2. The van der Waals surface area contributed by atoms with E-state index < -0.39 is 17.4 Å². The molecule has 0 amide bonds. The predicted octanol–water partition coefficient (Wildman–Crippen LogP) is 7.04. The second-order valence-electron chi connectivity index (χ2n) is 12.4. The Morgan fingerprint density at radius 2 is 1.69 bits per heavy atom. The largest absolute Gasteiger partial charge is 0.481 e. The molecular weight excluding hydrogens is 400 g/mol. The van der Waals surface area contributed by atoms with Gasteiger partial charge < -0.3 is 10.2 Å². The number of hydrogen-bond donors (Lipinski definition) is 2. The molecule has 8 atom stereocenters. The molecule has 0 bridgehead atoms. The van der Waals surface area contributed by atoms with Crippen LogP contribution >= 0.6 is 0 Å². The molecule has 0 aromatic rings. The summed E-state index contributed by atoms with van der Waals surface area (Å²) >= 11 is 0. The van der Waals surface area contributed by atoms with Gasteiger partial charge in [-0.15, -0.1) is 0 Å². The molecular formula is C28H46O4. The van der Waals surface area contributed by atoms with Crippen molar-refractivity contribution in [3.8, 4) is 0 Å². The van der Waals surface area contributed by atoms with Crippen LogP contribution in [0.1, 0.15) is 99.3 Å². The van der Waals surface area contributed by atoms with E-state index >= 15 is 0 Å². The molecule has 0 aromatic heterocycles. The highest BCUT2D eigenvalue weighted by molar-refractivity contribution is 5.70. The zero-order valence-electron chi connectivity index (χ0n) is 21.2. The molecule has 3 aliphatic carbocycles. The van der Waals surface area contributed by atoms with Gasteiger partial charge in [0.1, 0.15) is 0 Å². The maximum Gasteiger partial charge on any atom is 0.303 e. The van der Waals surface area contributed by atoms with Gasteiger partial charge in [0.25, 0.3) is 0 Å². The molecule has 0 heterocycles. The molecule has 182 valence electrons. The van der Waals surface area contributed by atoms with E-state index in [2.05, 4.69) is 47.6 Å². The topological polar surface area (TPSA) is 74.6 Å². The summed E-state index contributed by atoms with van der Waals surface area (Å²) in [4.78, 5) is 23.4. The summed E-state index contributed by atoms with van der Waals surface area (Å²) in [6.45, 7) is 14.1. The molecule has 32 heavy (non-hydrogen) atoms. The minimum absolute atomic E-state index is 0.0691. The van der Waals surface area contributed by atoms with Crippen LogP contribution in [-0.2, 0) is 9.59 Å². The van der Waals surface area contributed by atoms with E-state index in [1.165, 1.54) is 31.3 Å². The van der Waals surface area contributed by atoms with E-state index in [-0.39, 0.29) is 24.7 Å². The van der Waals surface area contributed by atoms with E-state index in [0.717, 1.165) is 36.5 Å². The number of aliphatic carboxylic acids is 2. The van der Waals surface area contributed by atoms with E-state index in [0.29, 0.717) is 17.8 Å². The lowest BCUT2D eigenvalue weighted by molar-refractivity contribution is -0.146.